The van der Waals surface area contributed by atoms with Gasteiger partial charge in [-0.05, 0) is 12.8 Å². The third-order valence-electron chi connectivity index (χ3n) is 2.06. The van der Waals surface area contributed by atoms with E-state index >= 15 is 0 Å². The zero-order valence-corrected chi connectivity index (χ0v) is 10.2. The number of hydrogen-bond donors (Lipinski definition) is 0. The van der Waals surface area contributed by atoms with E-state index in [9.17, 15) is 0 Å². The molecular formula is C8H12Cl2N2Si. The zero-order valence-electron chi connectivity index (χ0n) is 7.72. The molecule has 0 aromatic heterocycles. The van der Waals surface area contributed by atoms with Crippen molar-refractivity contribution in [3.05, 3.63) is 0 Å². The summed E-state index contributed by atoms with van der Waals surface area (Å²) in [7, 11) is 0. The molecule has 0 aromatic carbocycles. The lowest BCUT2D eigenvalue weighted by molar-refractivity contribution is 0.877. The largest absolute Gasteiger partial charge is 0.284 e. The Morgan fingerprint density at radius 1 is 1.08 bits per heavy atom. The summed E-state index contributed by atoms with van der Waals surface area (Å²) < 4.78 is 0. The lowest BCUT2D eigenvalue weighted by atomic mass is 10.3. The summed E-state index contributed by atoms with van der Waals surface area (Å²) >= 11 is 12.3. The molecule has 0 saturated carbocycles. The van der Waals surface area contributed by atoms with Gasteiger partial charge >= 0.3 is 0 Å². The second-order valence-electron chi connectivity index (χ2n) is 2.85. The van der Waals surface area contributed by atoms with Crippen molar-refractivity contribution in [2.75, 3.05) is 0 Å². The highest BCUT2D eigenvalue weighted by molar-refractivity contribution is 7.47. The molecule has 2 atom stereocenters. The van der Waals surface area contributed by atoms with E-state index in [-0.39, 0.29) is 11.1 Å². The van der Waals surface area contributed by atoms with Gasteiger partial charge in [-0.1, -0.05) is 13.8 Å². The number of rotatable bonds is 4. The maximum Gasteiger partial charge on any atom is 0.284 e. The Bertz CT molecular complexity index is 218. The molecule has 13 heavy (non-hydrogen) atoms. The first kappa shape index (κ1) is 12.8. The highest BCUT2D eigenvalue weighted by Crippen LogP contribution is 2.42. The van der Waals surface area contributed by atoms with Gasteiger partial charge in [0.2, 0.25) is 0 Å². The van der Waals surface area contributed by atoms with E-state index < -0.39 is 6.69 Å². The molecule has 0 aromatic rings. The van der Waals surface area contributed by atoms with Crippen LogP contribution in [0.15, 0.2) is 0 Å². The topological polar surface area (TPSA) is 47.6 Å². The zero-order chi connectivity index (χ0) is 10.5. The maximum atomic E-state index is 8.81. The summed E-state index contributed by atoms with van der Waals surface area (Å²) in [5.41, 5.74) is -0.694. The van der Waals surface area contributed by atoms with Crippen LogP contribution in [0, 0.1) is 22.7 Å². The minimum atomic E-state index is -2.74. The molecule has 72 valence electrons. The monoisotopic (exact) mass is 234 g/mol. The van der Waals surface area contributed by atoms with Crippen LogP contribution in [-0.2, 0) is 0 Å². The summed E-state index contributed by atoms with van der Waals surface area (Å²) in [5.74, 6) is 0. The lowest BCUT2D eigenvalue weighted by Gasteiger charge is -2.24. The number of nitrogens with zero attached hydrogens (tertiary/aromatic N) is 2. The van der Waals surface area contributed by atoms with E-state index in [4.69, 9.17) is 32.7 Å². The first-order valence-corrected chi connectivity index (χ1v) is 8.39. The Kier molecular flexibility index (Phi) is 5.40. The molecule has 0 spiro atoms. The summed E-state index contributed by atoms with van der Waals surface area (Å²) in [5, 5.41) is 17.6. The molecule has 0 amide bonds. The van der Waals surface area contributed by atoms with Gasteiger partial charge in [0.25, 0.3) is 6.69 Å². The second-order valence-corrected chi connectivity index (χ2v) is 9.93. The van der Waals surface area contributed by atoms with E-state index in [0.29, 0.717) is 12.8 Å². The van der Waals surface area contributed by atoms with Crippen molar-refractivity contribution in [2.45, 2.75) is 37.8 Å². The average Bonchev–Trinajstić information content (AvgIpc) is 2.07. The van der Waals surface area contributed by atoms with Crippen molar-refractivity contribution in [2.24, 2.45) is 0 Å². The predicted octanol–water partition coefficient (Wildman–Crippen LogP) is 3.51. The van der Waals surface area contributed by atoms with Crippen molar-refractivity contribution >= 4 is 28.9 Å². The van der Waals surface area contributed by atoms with Gasteiger partial charge in [-0.2, -0.15) is 10.5 Å². The number of nitriles is 2. The molecule has 0 aliphatic heterocycles. The molecule has 0 fully saturated rings. The first-order chi connectivity index (χ1) is 6.04. The van der Waals surface area contributed by atoms with Crippen LogP contribution in [0.4, 0.5) is 0 Å². The van der Waals surface area contributed by atoms with Gasteiger partial charge in [0.1, 0.15) is 0 Å². The fourth-order valence-electron chi connectivity index (χ4n) is 1.14. The van der Waals surface area contributed by atoms with Gasteiger partial charge < -0.3 is 0 Å². The van der Waals surface area contributed by atoms with Crippen molar-refractivity contribution in [3.8, 4) is 12.1 Å². The van der Waals surface area contributed by atoms with Crippen molar-refractivity contribution < 1.29 is 0 Å². The van der Waals surface area contributed by atoms with Crippen molar-refractivity contribution in [3.63, 3.8) is 0 Å². The molecule has 0 N–H and O–H groups in total. The molecule has 0 bridgehead atoms. The van der Waals surface area contributed by atoms with Crippen LogP contribution < -0.4 is 0 Å². The molecule has 0 aliphatic carbocycles. The third-order valence-corrected chi connectivity index (χ3v) is 8.15. The van der Waals surface area contributed by atoms with Crippen molar-refractivity contribution in [1.82, 2.24) is 0 Å². The Morgan fingerprint density at radius 3 is 1.54 bits per heavy atom. The highest BCUT2D eigenvalue weighted by Gasteiger charge is 2.45. The third kappa shape index (κ3) is 2.88. The van der Waals surface area contributed by atoms with Crippen molar-refractivity contribution in [1.29, 1.82) is 10.5 Å². The molecule has 5 heteroatoms. The van der Waals surface area contributed by atoms with Crippen LogP contribution in [0.3, 0.4) is 0 Å². The van der Waals surface area contributed by atoms with Crippen LogP contribution >= 0.6 is 22.2 Å². The van der Waals surface area contributed by atoms with Crippen LogP contribution in [0.2, 0.25) is 11.1 Å². The molecule has 0 unspecified atom stereocenters. The fourth-order valence-corrected chi connectivity index (χ4v) is 5.50. The number of halogens is 2. The van der Waals surface area contributed by atoms with Crippen LogP contribution in [0.25, 0.3) is 0 Å². The summed E-state index contributed by atoms with van der Waals surface area (Å²) in [6.45, 7) is 0.991. The Hall–Kier alpha value is -0.223. The van der Waals surface area contributed by atoms with Crippen LogP contribution in [-0.4, -0.2) is 6.69 Å². The SMILES string of the molecule is CC[C@H](C#N)[Si](Cl)(Cl)[C@@H](C#N)CC. The summed E-state index contributed by atoms with van der Waals surface area (Å²) in [4.78, 5) is 0. The molecule has 0 radical (unpaired) electrons. The van der Waals surface area contributed by atoms with Gasteiger partial charge in [-0.3, -0.25) is 0 Å². The maximum absolute atomic E-state index is 8.81. The number of hydrogen-bond acceptors (Lipinski definition) is 2. The Balaban J connectivity index is 4.73. The van der Waals surface area contributed by atoms with Gasteiger partial charge in [0.05, 0.1) is 23.2 Å². The highest BCUT2D eigenvalue weighted by atomic mass is 35.7. The van der Waals surface area contributed by atoms with E-state index in [1.54, 1.807) is 0 Å². The summed E-state index contributed by atoms with van der Waals surface area (Å²) in [6.07, 6.45) is 1.24. The Labute approximate surface area is 89.5 Å². The molecule has 0 heterocycles. The molecular weight excluding hydrogens is 223 g/mol. The fraction of sp³-hybridized carbons (Fsp3) is 0.750. The Morgan fingerprint density at radius 2 is 1.38 bits per heavy atom. The van der Waals surface area contributed by atoms with E-state index in [0.717, 1.165) is 0 Å². The summed E-state index contributed by atoms with van der Waals surface area (Å²) in [6, 6.07) is 4.18. The van der Waals surface area contributed by atoms with Gasteiger partial charge in [-0.25, -0.2) is 0 Å². The van der Waals surface area contributed by atoms with Gasteiger partial charge in [0, 0.05) is 0 Å². The lowest BCUT2D eigenvalue weighted by Crippen LogP contribution is -2.31. The molecule has 2 nitrogen and oxygen atoms in total. The van der Waals surface area contributed by atoms with Gasteiger partial charge in [0.15, 0.2) is 0 Å². The minimum absolute atomic E-state index is 0.347. The second kappa shape index (κ2) is 5.50. The van der Waals surface area contributed by atoms with Crippen LogP contribution in [0.1, 0.15) is 26.7 Å². The molecule has 0 aliphatic rings. The molecule has 0 saturated heterocycles. The van der Waals surface area contributed by atoms with E-state index in [1.165, 1.54) is 0 Å². The molecule has 0 rings (SSSR count). The normalized spacial score (nSPS) is 15.5. The van der Waals surface area contributed by atoms with Crippen LogP contribution in [0.5, 0.6) is 0 Å². The van der Waals surface area contributed by atoms with Gasteiger partial charge in [-0.15, -0.1) is 22.2 Å². The predicted molar refractivity (Wildman–Crippen MR) is 56.8 cm³/mol. The standard InChI is InChI=1S/C8H12Cl2N2Si/c1-3-7(5-11)13(9,10)8(4-2)6-12/h7-8H,3-4H2,1-2H3/t7-,8-/m1/s1. The quantitative estimate of drug-likeness (QED) is 0.553. The van der Waals surface area contributed by atoms with E-state index in [2.05, 4.69) is 12.1 Å². The minimum Gasteiger partial charge on any atom is -0.198 e. The smallest absolute Gasteiger partial charge is 0.198 e. The average molecular weight is 235 g/mol. The first-order valence-electron chi connectivity index (χ1n) is 4.21. The van der Waals surface area contributed by atoms with E-state index in [1.807, 2.05) is 13.8 Å².